The normalized spacial score (nSPS) is 12.2. The van der Waals surface area contributed by atoms with Crippen molar-refractivity contribution < 1.29 is 4.74 Å². The number of hydrogen-bond donors (Lipinski definition) is 2. The number of hydrogen-bond acceptors (Lipinski definition) is 6. The van der Waals surface area contributed by atoms with Crippen molar-refractivity contribution in [2.24, 2.45) is 0 Å². The molecule has 0 amide bonds. The highest BCUT2D eigenvalue weighted by atomic mass is 35.5. The van der Waals surface area contributed by atoms with Crippen LogP contribution >= 0.6 is 11.6 Å². The largest absolute Gasteiger partial charge is 0.475 e. The summed E-state index contributed by atoms with van der Waals surface area (Å²) in [5.41, 5.74) is 7.18. The van der Waals surface area contributed by atoms with Crippen LogP contribution < -0.4 is 21.3 Å². The molecule has 1 atom stereocenters. The molecule has 7 nitrogen and oxygen atoms in total. The number of nitrogen functional groups attached to an aromatic ring is 1. The summed E-state index contributed by atoms with van der Waals surface area (Å²) in [6.45, 7) is 5.77. The van der Waals surface area contributed by atoms with E-state index in [1.54, 1.807) is 16.7 Å². The summed E-state index contributed by atoms with van der Waals surface area (Å²) in [5, 5.41) is 4.99. The van der Waals surface area contributed by atoms with Crippen LogP contribution in [-0.4, -0.2) is 20.6 Å². The molecule has 0 fully saturated rings. The van der Waals surface area contributed by atoms with Gasteiger partial charge in [-0.15, -0.1) is 0 Å². The van der Waals surface area contributed by atoms with Crippen LogP contribution in [-0.2, 0) is 0 Å². The first-order chi connectivity index (χ1) is 15.3. The first kappa shape index (κ1) is 21.6. The quantitative estimate of drug-likeness (QED) is 0.431. The SMILES string of the molecule is CC(C)Oc1cc(NC(C)c2cc3cccc(Cl)c3c(=O)n2-c2ccccc2)nc(N)n1. The molecule has 4 aromatic rings. The van der Waals surface area contributed by atoms with Gasteiger partial charge in [-0.1, -0.05) is 41.9 Å². The fourth-order valence-electron chi connectivity index (χ4n) is 3.62. The minimum absolute atomic E-state index is 0.0527. The molecule has 0 aliphatic heterocycles. The minimum atomic E-state index is -0.299. The molecule has 0 saturated carbocycles. The second-order valence-electron chi connectivity index (χ2n) is 7.73. The van der Waals surface area contributed by atoms with Gasteiger partial charge in [0.05, 0.1) is 22.6 Å². The Morgan fingerprint density at radius 2 is 1.78 bits per heavy atom. The highest BCUT2D eigenvalue weighted by molar-refractivity contribution is 6.35. The summed E-state index contributed by atoms with van der Waals surface area (Å²) in [5.74, 6) is 0.982. The number of fused-ring (bicyclic) bond motifs is 1. The Bertz CT molecular complexity index is 1320. The number of ether oxygens (including phenoxy) is 1. The van der Waals surface area contributed by atoms with E-state index in [1.165, 1.54) is 0 Å². The van der Waals surface area contributed by atoms with Crippen LogP contribution in [0.25, 0.3) is 16.5 Å². The molecule has 1 unspecified atom stereocenters. The molecule has 2 aromatic carbocycles. The zero-order valence-corrected chi connectivity index (χ0v) is 18.8. The number of benzene rings is 2. The topological polar surface area (TPSA) is 95.1 Å². The van der Waals surface area contributed by atoms with Crippen LogP contribution in [0.15, 0.2) is 65.5 Å². The van der Waals surface area contributed by atoms with Crippen molar-refractivity contribution in [1.29, 1.82) is 0 Å². The molecule has 0 radical (unpaired) electrons. The van der Waals surface area contributed by atoms with Crippen molar-refractivity contribution in [3.63, 3.8) is 0 Å². The van der Waals surface area contributed by atoms with Crippen molar-refractivity contribution in [3.8, 4) is 11.6 Å². The molecule has 32 heavy (non-hydrogen) atoms. The van der Waals surface area contributed by atoms with Gasteiger partial charge in [0.1, 0.15) is 5.82 Å². The van der Waals surface area contributed by atoms with E-state index in [2.05, 4.69) is 15.3 Å². The summed E-state index contributed by atoms with van der Waals surface area (Å²) < 4.78 is 7.33. The lowest BCUT2D eigenvalue weighted by molar-refractivity contribution is 0.233. The molecule has 0 spiro atoms. The summed E-state index contributed by atoms with van der Waals surface area (Å²) in [7, 11) is 0. The molecular weight excluding hydrogens is 426 g/mol. The fourth-order valence-corrected chi connectivity index (χ4v) is 3.88. The van der Waals surface area contributed by atoms with Gasteiger partial charge in [-0.3, -0.25) is 9.36 Å². The highest BCUT2D eigenvalue weighted by Gasteiger charge is 2.18. The molecular formula is C24H24ClN5O2. The first-order valence-electron chi connectivity index (χ1n) is 10.3. The van der Waals surface area contributed by atoms with Gasteiger partial charge in [0.2, 0.25) is 11.8 Å². The molecule has 2 aromatic heterocycles. The molecule has 8 heteroatoms. The Labute approximate surface area is 190 Å². The van der Waals surface area contributed by atoms with Crippen molar-refractivity contribution in [2.75, 3.05) is 11.1 Å². The molecule has 3 N–H and O–H groups in total. The average Bonchev–Trinajstić information content (AvgIpc) is 2.73. The first-order valence-corrected chi connectivity index (χ1v) is 10.7. The molecule has 0 aliphatic carbocycles. The van der Waals surface area contributed by atoms with Crippen LogP contribution in [0, 0.1) is 0 Å². The predicted octanol–water partition coefficient (Wildman–Crippen LogP) is 4.98. The Kier molecular flexibility index (Phi) is 6.01. The van der Waals surface area contributed by atoms with E-state index in [0.717, 1.165) is 16.8 Å². The van der Waals surface area contributed by atoms with Gasteiger partial charge in [-0.2, -0.15) is 9.97 Å². The molecule has 0 saturated heterocycles. The highest BCUT2D eigenvalue weighted by Crippen LogP contribution is 2.27. The third-order valence-corrected chi connectivity index (χ3v) is 5.24. The van der Waals surface area contributed by atoms with Crippen molar-refractivity contribution in [3.05, 3.63) is 81.7 Å². The molecule has 164 valence electrons. The number of halogens is 1. The molecule has 0 bridgehead atoms. The van der Waals surface area contributed by atoms with Crippen molar-refractivity contribution in [1.82, 2.24) is 14.5 Å². The van der Waals surface area contributed by atoms with E-state index in [9.17, 15) is 4.79 Å². The second-order valence-corrected chi connectivity index (χ2v) is 8.14. The van der Waals surface area contributed by atoms with Crippen molar-refractivity contribution >= 4 is 34.1 Å². The third kappa shape index (κ3) is 4.38. The van der Waals surface area contributed by atoms with Crippen LogP contribution in [0.5, 0.6) is 5.88 Å². The van der Waals surface area contributed by atoms with E-state index in [0.29, 0.717) is 22.1 Å². The van der Waals surface area contributed by atoms with Crippen LogP contribution in [0.3, 0.4) is 0 Å². The zero-order chi connectivity index (χ0) is 22.8. The van der Waals surface area contributed by atoms with E-state index >= 15 is 0 Å². The summed E-state index contributed by atoms with van der Waals surface area (Å²) >= 11 is 6.39. The van der Waals surface area contributed by atoms with Gasteiger partial charge in [-0.25, -0.2) is 0 Å². The second kappa shape index (κ2) is 8.88. The number of anilines is 2. The third-order valence-electron chi connectivity index (χ3n) is 4.92. The number of nitrogens with zero attached hydrogens (tertiary/aromatic N) is 3. The molecule has 0 aliphatic rings. The number of rotatable bonds is 6. The van der Waals surface area contributed by atoms with E-state index in [-0.39, 0.29) is 23.7 Å². The Hall–Kier alpha value is -3.58. The number of nitrogens with two attached hydrogens (primary N) is 1. The minimum Gasteiger partial charge on any atom is -0.475 e. The summed E-state index contributed by atoms with van der Waals surface area (Å²) in [4.78, 5) is 21.9. The van der Waals surface area contributed by atoms with Gasteiger partial charge >= 0.3 is 0 Å². The maximum atomic E-state index is 13.5. The number of para-hydroxylation sites is 1. The summed E-state index contributed by atoms with van der Waals surface area (Å²) in [6, 6.07) is 18.3. The van der Waals surface area contributed by atoms with Gasteiger partial charge in [0, 0.05) is 17.4 Å². The Morgan fingerprint density at radius 3 is 2.50 bits per heavy atom. The number of nitrogens with one attached hydrogen (secondary N) is 1. The smallest absolute Gasteiger partial charge is 0.264 e. The van der Waals surface area contributed by atoms with Crippen LogP contribution in [0.1, 0.15) is 32.5 Å². The zero-order valence-electron chi connectivity index (χ0n) is 18.0. The van der Waals surface area contributed by atoms with Crippen molar-refractivity contribution in [2.45, 2.75) is 32.9 Å². The van der Waals surface area contributed by atoms with E-state index in [1.807, 2.05) is 69.3 Å². The maximum Gasteiger partial charge on any atom is 0.264 e. The lowest BCUT2D eigenvalue weighted by Crippen LogP contribution is -2.26. The van der Waals surface area contributed by atoms with Gasteiger partial charge in [0.25, 0.3) is 5.56 Å². The van der Waals surface area contributed by atoms with Gasteiger partial charge in [0.15, 0.2) is 0 Å². The van der Waals surface area contributed by atoms with Crippen LogP contribution in [0.2, 0.25) is 5.02 Å². The van der Waals surface area contributed by atoms with Gasteiger partial charge < -0.3 is 15.8 Å². The lowest BCUT2D eigenvalue weighted by Gasteiger charge is -2.22. The van der Waals surface area contributed by atoms with E-state index < -0.39 is 0 Å². The van der Waals surface area contributed by atoms with E-state index in [4.69, 9.17) is 22.1 Å². The maximum absolute atomic E-state index is 13.5. The van der Waals surface area contributed by atoms with Crippen LogP contribution in [0.4, 0.5) is 11.8 Å². The predicted molar refractivity (Wildman–Crippen MR) is 129 cm³/mol. The number of pyridine rings is 1. The summed E-state index contributed by atoms with van der Waals surface area (Å²) in [6.07, 6.45) is -0.0527. The van der Waals surface area contributed by atoms with Gasteiger partial charge in [-0.05, 0) is 50.4 Å². The molecule has 2 heterocycles. The fraction of sp³-hybridized carbons (Fsp3) is 0.208. The molecule has 4 rings (SSSR count). The Morgan fingerprint density at radius 1 is 1.03 bits per heavy atom. The monoisotopic (exact) mass is 449 g/mol. The number of aromatic nitrogens is 3. The lowest BCUT2D eigenvalue weighted by atomic mass is 10.1. The standard InChI is InChI=1S/C24H24ClN5O2/c1-14(2)32-21-13-20(28-24(26)29-21)27-15(3)19-12-16-8-7-11-18(25)22(16)23(31)30(19)17-9-5-4-6-10-17/h4-15H,1-3H3,(H3,26,27,28,29). The average molecular weight is 450 g/mol. The Balaban J connectivity index is 1.83.